The molecule has 0 radical (unpaired) electrons. The quantitative estimate of drug-likeness (QED) is 0.761. The number of piperazine rings is 1. The van der Waals surface area contributed by atoms with Crippen molar-refractivity contribution in [3.8, 4) is 0 Å². The van der Waals surface area contributed by atoms with E-state index in [1.807, 2.05) is 0 Å². The molecule has 0 aromatic heterocycles. The molecule has 15 heavy (non-hydrogen) atoms. The van der Waals surface area contributed by atoms with E-state index in [1.165, 1.54) is 38.8 Å². The summed E-state index contributed by atoms with van der Waals surface area (Å²) < 4.78 is 0. The normalized spacial score (nSPS) is 38.6. The molecule has 0 spiro atoms. The van der Waals surface area contributed by atoms with Crippen LogP contribution < -0.4 is 5.32 Å². The van der Waals surface area contributed by atoms with E-state index in [1.54, 1.807) is 0 Å². The van der Waals surface area contributed by atoms with Crippen molar-refractivity contribution in [2.24, 2.45) is 11.8 Å². The third-order valence-corrected chi connectivity index (χ3v) is 4.40. The van der Waals surface area contributed by atoms with Crippen molar-refractivity contribution >= 4 is 0 Å². The molecule has 3 aliphatic rings. The highest BCUT2D eigenvalue weighted by atomic mass is 15.3. The van der Waals surface area contributed by atoms with E-state index in [4.69, 9.17) is 0 Å². The van der Waals surface area contributed by atoms with E-state index in [2.05, 4.69) is 24.1 Å². The predicted molar refractivity (Wildman–Crippen MR) is 62.9 cm³/mol. The Kier molecular flexibility index (Phi) is 2.52. The first-order chi connectivity index (χ1) is 7.25. The standard InChI is InChI=1S/C13H24N2/c1-9(2)13-7-14-12(10-3-4-10)8-15(13)11-5-6-11/h9-14H,3-8H2,1-2H3. The van der Waals surface area contributed by atoms with Crippen molar-refractivity contribution in [3.05, 3.63) is 0 Å². The zero-order valence-electron chi connectivity index (χ0n) is 10.1. The van der Waals surface area contributed by atoms with Crippen LogP contribution in [0.4, 0.5) is 0 Å². The molecule has 0 aromatic carbocycles. The molecule has 2 saturated carbocycles. The molecule has 1 N–H and O–H groups in total. The van der Waals surface area contributed by atoms with E-state index in [0.29, 0.717) is 0 Å². The molecule has 3 rings (SSSR count). The van der Waals surface area contributed by atoms with Gasteiger partial charge in [0.25, 0.3) is 0 Å². The minimum Gasteiger partial charge on any atom is -0.311 e. The Morgan fingerprint density at radius 1 is 1.13 bits per heavy atom. The highest BCUT2D eigenvalue weighted by Gasteiger charge is 2.42. The van der Waals surface area contributed by atoms with Crippen LogP contribution >= 0.6 is 0 Å². The van der Waals surface area contributed by atoms with Gasteiger partial charge < -0.3 is 5.32 Å². The molecule has 1 saturated heterocycles. The lowest BCUT2D eigenvalue weighted by molar-refractivity contribution is 0.0847. The van der Waals surface area contributed by atoms with Gasteiger partial charge in [-0.3, -0.25) is 4.90 Å². The van der Waals surface area contributed by atoms with Gasteiger partial charge in [0.15, 0.2) is 0 Å². The first-order valence-electron chi connectivity index (χ1n) is 6.75. The number of hydrogen-bond acceptors (Lipinski definition) is 2. The monoisotopic (exact) mass is 208 g/mol. The number of hydrogen-bond donors (Lipinski definition) is 1. The maximum atomic E-state index is 3.78. The van der Waals surface area contributed by atoms with E-state index in [9.17, 15) is 0 Å². The summed E-state index contributed by atoms with van der Waals surface area (Å²) >= 11 is 0. The van der Waals surface area contributed by atoms with Crippen molar-refractivity contribution in [3.63, 3.8) is 0 Å². The van der Waals surface area contributed by atoms with Gasteiger partial charge >= 0.3 is 0 Å². The van der Waals surface area contributed by atoms with Gasteiger partial charge in [-0.25, -0.2) is 0 Å². The topological polar surface area (TPSA) is 15.3 Å². The minimum absolute atomic E-state index is 0.799. The summed E-state index contributed by atoms with van der Waals surface area (Å²) in [5, 5.41) is 3.78. The van der Waals surface area contributed by atoms with E-state index < -0.39 is 0 Å². The van der Waals surface area contributed by atoms with Gasteiger partial charge in [-0.05, 0) is 37.5 Å². The zero-order chi connectivity index (χ0) is 10.4. The van der Waals surface area contributed by atoms with Crippen LogP contribution in [-0.2, 0) is 0 Å². The Balaban J connectivity index is 1.65. The third kappa shape index (κ3) is 2.07. The molecule has 1 aliphatic heterocycles. The van der Waals surface area contributed by atoms with Gasteiger partial charge in [0.2, 0.25) is 0 Å². The summed E-state index contributed by atoms with van der Waals surface area (Å²) in [7, 11) is 0. The van der Waals surface area contributed by atoms with Crippen molar-refractivity contribution in [2.45, 2.75) is 57.7 Å². The summed E-state index contributed by atoms with van der Waals surface area (Å²) in [4.78, 5) is 2.82. The van der Waals surface area contributed by atoms with Crippen molar-refractivity contribution in [2.75, 3.05) is 13.1 Å². The van der Waals surface area contributed by atoms with Crippen LogP contribution in [0.5, 0.6) is 0 Å². The summed E-state index contributed by atoms with van der Waals surface area (Å²) in [6.45, 7) is 7.31. The first-order valence-corrected chi connectivity index (χ1v) is 6.75. The number of nitrogens with one attached hydrogen (secondary N) is 1. The molecule has 2 unspecified atom stereocenters. The lowest BCUT2D eigenvalue weighted by Crippen LogP contribution is -2.59. The first kappa shape index (κ1) is 10.1. The van der Waals surface area contributed by atoms with Crippen LogP contribution in [-0.4, -0.2) is 36.1 Å². The SMILES string of the molecule is CC(C)C1CNC(C2CC2)CN1C1CC1. The van der Waals surface area contributed by atoms with Gasteiger partial charge in [0.1, 0.15) is 0 Å². The van der Waals surface area contributed by atoms with Gasteiger partial charge in [-0.1, -0.05) is 13.8 Å². The maximum Gasteiger partial charge on any atom is 0.0247 e. The lowest BCUT2D eigenvalue weighted by atomic mass is 9.97. The van der Waals surface area contributed by atoms with Crippen molar-refractivity contribution < 1.29 is 0 Å². The lowest BCUT2D eigenvalue weighted by Gasteiger charge is -2.43. The number of rotatable bonds is 3. The Morgan fingerprint density at radius 2 is 1.87 bits per heavy atom. The molecule has 2 nitrogen and oxygen atoms in total. The average Bonchev–Trinajstić information content (AvgIpc) is 3.07. The summed E-state index contributed by atoms with van der Waals surface area (Å²) in [5.74, 6) is 1.82. The van der Waals surface area contributed by atoms with Crippen LogP contribution in [0, 0.1) is 11.8 Å². The molecular weight excluding hydrogens is 184 g/mol. The molecule has 86 valence electrons. The van der Waals surface area contributed by atoms with Crippen LogP contribution in [0.2, 0.25) is 0 Å². The second kappa shape index (κ2) is 3.74. The van der Waals surface area contributed by atoms with Gasteiger partial charge in [0.05, 0.1) is 0 Å². The second-order valence-corrected chi connectivity index (χ2v) is 6.09. The average molecular weight is 208 g/mol. The maximum absolute atomic E-state index is 3.78. The smallest absolute Gasteiger partial charge is 0.0247 e. The van der Waals surface area contributed by atoms with Crippen LogP contribution in [0.3, 0.4) is 0 Å². The second-order valence-electron chi connectivity index (χ2n) is 6.09. The summed E-state index contributed by atoms with van der Waals surface area (Å²) in [5.41, 5.74) is 0. The summed E-state index contributed by atoms with van der Waals surface area (Å²) in [6.07, 6.45) is 5.87. The molecule has 0 bridgehead atoms. The number of nitrogens with zero attached hydrogens (tertiary/aromatic N) is 1. The Bertz CT molecular complexity index is 231. The fourth-order valence-electron chi connectivity index (χ4n) is 3.08. The Morgan fingerprint density at radius 3 is 2.40 bits per heavy atom. The van der Waals surface area contributed by atoms with E-state index in [0.717, 1.165) is 30.0 Å². The molecular formula is C13H24N2. The highest BCUT2D eigenvalue weighted by Crippen LogP contribution is 2.38. The molecule has 0 aromatic rings. The fraction of sp³-hybridized carbons (Fsp3) is 1.00. The predicted octanol–water partition coefficient (Wildman–Crippen LogP) is 1.86. The van der Waals surface area contributed by atoms with Gasteiger partial charge in [-0.15, -0.1) is 0 Å². The molecule has 1 heterocycles. The molecule has 3 fully saturated rings. The minimum atomic E-state index is 0.799. The van der Waals surface area contributed by atoms with Crippen molar-refractivity contribution in [1.29, 1.82) is 0 Å². The largest absolute Gasteiger partial charge is 0.311 e. The van der Waals surface area contributed by atoms with Crippen LogP contribution in [0.25, 0.3) is 0 Å². The van der Waals surface area contributed by atoms with Crippen LogP contribution in [0.1, 0.15) is 39.5 Å². The third-order valence-electron chi connectivity index (χ3n) is 4.40. The Labute approximate surface area is 93.4 Å². The highest BCUT2D eigenvalue weighted by molar-refractivity contribution is 5.00. The fourth-order valence-corrected chi connectivity index (χ4v) is 3.08. The molecule has 2 aliphatic carbocycles. The molecule has 2 heteroatoms. The Hall–Kier alpha value is -0.0800. The van der Waals surface area contributed by atoms with Gasteiger partial charge in [-0.2, -0.15) is 0 Å². The molecule has 2 atom stereocenters. The van der Waals surface area contributed by atoms with E-state index >= 15 is 0 Å². The molecule has 0 amide bonds. The van der Waals surface area contributed by atoms with Crippen LogP contribution in [0.15, 0.2) is 0 Å². The van der Waals surface area contributed by atoms with Crippen molar-refractivity contribution in [1.82, 2.24) is 10.2 Å². The van der Waals surface area contributed by atoms with Gasteiger partial charge in [0, 0.05) is 31.2 Å². The van der Waals surface area contributed by atoms with E-state index in [-0.39, 0.29) is 0 Å². The summed E-state index contributed by atoms with van der Waals surface area (Å²) in [6, 6.07) is 2.56. The zero-order valence-corrected chi connectivity index (χ0v) is 10.1.